The van der Waals surface area contributed by atoms with Gasteiger partial charge in [0.25, 0.3) is 0 Å². The van der Waals surface area contributed by atoms with E-state index in [1.165, 1.54) is 12.1 Å². The largest absolute Gasteiger partial charge is 0.490 e. The molecule has 2 aromatic rings. The number of alkyl halides is 3. The molecule has 1 heterocycles. The molecule has 2 N–H and O–H groups in total. The van der Waals surface area contributed by atoms with E-state index in [1.54, 1.807) is 18.3 Å². The van der Waals surface area contributed by atoms with Crippen LogP contribution in [0.1, 0.15) is 45.4 Å². The molecule has 3 unspecified atom stereocenters. The van der Waals surface area contributed by atoms with Crippen LogP contribution >= 0.6 is 0 Å². The van der Waals surface area contributed by atoms with Crippen molar-refractivity contribution in [3.63, 3.8) is 0 Å². The van der Waals surface area contributed by atoms with E-state index in [0.717, 1.165) is 12.8 Å². The lowest BCUT2D eigenvalue weighted by Crippen LogP contribution is -2.84. The highest BCUT2D eigenvalue weighted by Gasteiger charge is 2.70. The Balaban J connectivity index is 0.980. The van der Waals surface area contributed by atoms with E-state index in [4.69, 9.17) is 4.74 Å². The number of pyridine rings is 1. The van der Waals surface area contributed by atoms with Crippen molar-refractivity contribution in [2.75, 3.05) is 0 Å². The third-order valence-corrected chi connectivity index (χ3v) is 8.60. The lowest BCUT2D eigenvalue weighted by atomic mass is 9.44. The molecule has 192 valence electrons. The van der Waals surface area contributed by atoms with E-state index in [0.29, 0.717) is 47.8 Å². The molecular formula is C26H27F4N3O3. The third-order valence-electron chi connectivity index (χ3n) is 8.60. The maximum Gasteiger partial charge on any atom is 0.397 e. The molecule has 10 heteroatoms. The van der Waals surface area contributed by atoms with Crippen LogP contribution in [0.3, 0.4) is 0 Å². The standard InChI is InChI=1S/C26H27F4N3O3/c1-13(23(35)33-25-10-24(11-25,12-25)32-21(34)9-26(28,29)30)22-16-7-15(8-17(16)22)36-20-4-5-31-19-3-2-14(27)6-18(19)20/h2-6,13,15-17,22H,7-12H2,1H3,(H,32,34)(H,33,35)/t13?,15?,16-,17+,22?,24?,25?. The van der Waals surface area contributed by atoms with Gasteiger partial charge in [0.15, 0.2) is 0 Å². The van der Waals surface area contributed by atoms with Crippen LogP contribution in [-0.4, -0.2) is 40.2 Å². The molecule has 36 heavy (non-hydrogen) atoms. The zero-order chi connectivity index (χ0) is 25.5. The number of benzene rings is 1. The number of halogens is 4. The predicted octanol–water partition coefficient (Wildman–Crippen LogP) is 4.27. The fraction of sp³-hybridized carbons (Fsp3) is 0.577. The molecule has 6 nitrogen and oxygen atoms in total. The lowest BCUT2D eigenvalue weighted by molar-refractivity contribution is -0.166. The first-order valence-corrected chi connectivity index (χ1v) is 12.4. The first-order valence-electron chi connectivity index (χ1n) is 12.4. The molecule has 2 amide bonds. The minimum absolute atomic E-state index is 0.0122. The van der Waals surface area contributed by atoms with Crippen molar-refractivity contribution >= 4 is 22.7 Å². The molecule has 5 aliphatic rings. The van der Waals surface area contributed by atoms with Gasteiger partial charge in [0, 0.05) is 28.6 Å². The molecule has 1 aromatic carbocycles. The average Bonchev–Trinajstić information content (AvgIpc) is 3.24. The summed E-state index contributed by atoms with van der Waals surface area (Å²) in [5.41, 5.74) is -0.320. The Bertz CT molecular complexity index is 1220. The highest BCUT2D eigenvalue weighted by Crippen LogP contribution is 2.63. The van der Waals surface area contributed by atoms with Crippen LogP contribution in [0.5, 0.6) is 5.75 Å². The molecule has 0 spiro atoms. The first kappa shape index (κ1) is 23.5. The van der Waals surface area contributed by atoms with Crippen LogP contribution in [0.4, 0.5) is 17.6 Å². The second-order valence-electron chi connectivity index (χ2n) is 11.3. The number of carbonyl (C=O) groups is 2. The Hall–Kier alpha value is -2.91. The third kappa shape index (κ3) is 4.08. The minimum Gasteiger partial charge on any atom is -0.490 e. The smallest absolute Gasteiger partial charge is 0.397 e. The van der Waals surface area contributed by atoms with E-state index in [2.05, 4.69) is 15.6 Å². The van der Waals surface area contributed by atoms with E-state index in [9.17, 15) is 27.2 Å². The second-order valence-corrected chi connectivity index (χ2v) is 11.3. The summed E-state index contributed by atoms with van der Waals surface area (Å²) in [4.78, 5) is 28.8. The van der Waals surface area contributed by atoms with Crippen LogP contribution in [0, 0.1) is 29.5 Å². The summed E-state index contributed by atoms with van der Waals surface area (Å²) in [6.07, 6.45) is -1.21. The highest BCUT2D eigenvalue weighted by atomic mass is 19.4. The SMILES string of the molecule is CC(C(=O)NC12CC(NC(=O)CC(F)(F)F)(C1)C2)C1[C@H]2CC(Oc3ccnc4ccc(F)cc34)C[C@@H]12. The summed E-state index contributed by atoms with van der Waals surface area (Å²) in [6, 6.07) is 6.18. The Morgan fingerprint density at radius 1 is 1.11 bits per heavy atom. The summed E-state index contributed by atoms with van der Waals surface area (Å²) >= 11 is 0. The summed E-state index contributed by atoms with van der Waals surface area (Å²) in [5.74, 6) is 0.162. The Morgan fingerprint density at radius 3 is 2.44 bits per heavy atom. The molecular weight excluding hydrogens is 478 g/mol. The van der Waals surface area contributed by atoms with Crippen molar-refractivity contribution in [3.05, 3.63) is 36.3 Å². The number of rotatable bonds is 7. The number of hydrogen-bond acceptors (Lipinski definition) is 4. The monoisotopic (exact) mass is 505 g/mol. The summed E-state index contributed by atoms with van der Waals surface area (Å²) < 4.78 is 57.1. The molecule has 5 saturated carbocycles. The van der Waals surface area contributed by atoms with Gasteiger partial charge < -0.3 is 15.4 Å². The molecule has 7 rings (SSSR count). The average molecular weight is 506 g/mol. The van der Waals surface area contributed by atoms with Gasteiger partial charge in [-0.05, 0) is 74.1 Å². The first-order chi connectivity index (χ1) is 16.9. The number of amides is 2. The number of nitrogens with zero attached hydrogens (tertiary/aromatic N) is 1. The molecule has 0 saturated heterocycles. The lowest BCUT2D eigenvalue weighted by Gasteiger charge is -2.70. The van der Waals surface area contributed by atoms with Gasteiger partial charge in [0.05, 0.1) is 11.6 Å². The number of hydrogen-bond donors (Lipinski definition) is 2. The highest BCUT2D eigenvalue weighted by molar-refractivity contribution is 5.85. The van der Waals surface area contributed by atoms with Gasteiger partial charge in [0.1, 0.15) is 18.0 Å². The van der Waals surface area contributed by atoms with Crippen molar-refractivity contribution in [3.8, 4) is 5.75 Å². The van der Waals surface area contributed by atoms with E-state index in [1.807, 2.05) is 6.92 Å². The molecule has 5 atom stereocenters. The van der Waals surface area contributed by atoms with Crippen LogP contribution < -0.4 is 15.4 Å². The normalized spacial score (nSPS) is 34.7. The van der Waals surface area contributed by atoms with Crippen LogP contribution in [0.15, 0.2) is 30.5 Å². The van der Waals surface area contributed by atoms with Crippen molar-refractivity contribution in [1.82, 2.24) is 15.6 Å². The Morgan fingerprint density at radius 2 is 1.78 bits per heavy atom. The maximum atomic E-state index is 13.7. The Kier molecular flexibility index (Phi) is 5.08. The molecule has 1 aromatic heterocycles. The van der Waals surface area contributed by atoms with Crippen molar-refractivity contribution in [2.24, 2.45) is 23.7 Å². The van der Waals surface area contributed by atoms with Gasteiger partial charge >= 0.3 is 6.18 Å². The van der Waals surface area contributed by atoms with Crippen LogP contribution in [-0.2, 0) is 9.59 Å². The molecule has 0 radical (unpaired) electrons. The van der Waals surface area contributed by atoms with Crippen LogP contribution in [0.2, 0.25) is 0 Å². The second kappa shape index (κ2) is 7.79. The fourth-order valence-corrected chi connectivity index (χ4v) is 7.18. The number of ether oxygens (including phenoxy) is 1. The van der Waals surface area contributed by atoms with Crippen LogP contribution in [0.25, 0.3) is 10.9 Å². The fourth-order valence-electron chi connectivity index (χ4n) is 7.18. The molecule has 2 bridgehead atoms. The number of aromatic nitrogens is 1. The van der Waals surface area contributed by atoms with Gasteiger partial charge in [0.2, 0.25) is 11.8 Å². The maximum absolute atomic E-state index is 13.7. The minimum atomic E-state index is -4.52. The zero-order valence-electron chi connectivity index (χ0n) is 19.7. The van der Waals surface area contributed by atoms with Gasteiger partial charge in [-0.3, -0.25) is 14.6 Å². The molecule has 5 aliphatic carbocycles. The van der Waals surface area contributed by atoms with E-state index in [-0.39, 0.29) is 29.7 Å². The summed E-state index contributed by atoms with van der Waals surface area (Å²) in [7, 11) is 0. The molecule has 5 fully saturated rings. The van der Waals surface area contributed by atoms with Gasteiger partial charge in [-0.2, -0.15) is 13.2 Å². The van der Waals surface area contributed by atoms with Gasteiger partial charge in [-0.15, -0.1) is 0 Å². The summed E-state index contributed by atoms with van der Waals surface area (Å²) in [5, 5.41) is 6.25. The quantitative estimate of drug-likeness (QED) is 0.551. The molecule has 0 aliphatic heterocycles. The topological polar surface area (TPSA) is 80.3 Å². The van der Waals surface area contributed by atoms with E-state index >= 15 is 0 Å². The predicted molar refractivity (Wildman–Crippen MR) is 121 cm³/mol. The van der Waals surface area contributed by atoms with Crippen molar-refractivity contribution < 1.29 is 31.9 Å². The van der Waals surface area contributed by atoms with Gasteiger partial charge in [-0.25, -0.2) is 4.39 Å². The number of carbonyl (C=O) groups excluding carboxylic acids is 2. The van der Waals surface area contributed by atoms with Crippen molar-refractivity contribution in [2.45, 2.75) is 68.8 Å². The van der Waals surface area contributed by atoms with Crippen molar-refractivity contribution in [1.29, 1.82) is 0 Å². The zero-order valence-corrected chi connectivity index (χ0v) is 19.7. The summed E-state index contributed by atoms with van der Waals surface area (Å²) in [6.45, 7) is 1.93. The van der Waals surface area contributed by atoms with E-state index < -0.39 is 29.6 Å². The van der Waals surface area contributed by atoms with Gasteiger partial charge in [-0.1, -0.05) is 6.92 Å². The number of nitrogens with one attached hydrogen (secondary N) is 2. The Labute approximate surface area is 205 Å². The number of fused-ring (bicyclic) bond motifs is 2.